The van der Waals surface area contributed by atoms with Crippen molar-refractivity contribution in [1.29, 1.82) is 0 Å². The number of aromatic carboxylic acids is 1. The molecule has 0 saturated carbocycles. The summed E-state index contributed by atoms with van der Waals surface area (Å²) in [5, 5.41) is 15.2. The van der Waals surface area contributed by atoms with Crippen LogP contribution >= 0.6 is 0 Å². The molecule has 4 rings (SSSR count). The maximum Gasteiger partial charge on any atom is 0.335 e. The summed E-state index contributed by atoms with van der Waals surface area (Å²) in [7, 11) is 0. The van der Waals surface area contributed by atoms with Gasteiger partial charge in [-0.05, 0) is 35.9 Å². The second kappa shape index (κ2) is 8.02. The van der Waals surface area contributed by atoms with Gasteiger partial charge in [0.25, 0.3) is 0 Å². The van der Waals surface area contributed by atoms with E-state index in [1.165, 1.54) is 6.92 Å². The Labute approximate surface area is 167 Å². The van der Waals surface area contributed by atoms with Gasteiger partial charge in [0.1, 0.15) is 12.4 Å². The van der Waals surface area contributed by atoms with Crippen LogP contribution in [0.3, 0.4) is 0 Å². The van der Waals surface area contributed by atoms with Gasteiger partial charge in [-0.25, -0.2) is 9.78 Å². The molecule has 1 amide bonds. The van der Waals surface area contributed by atoms with Gasteiger partial charge in [-0.2, -0.15) is 0 Å². The highest BCUT2D eigenvalue weighted by molar-refractivity contribution is 5.91. The van der Waals surface area contributed by atoms with E-state index >= 15 is 0 Å². The number of hydrogen-bond donors (Lipinski definition) is 3. The number of fused-ring (bicyclic) bond motifs is 3. The smallest absolute Gasteiger partial charge is 0.335 e. The van der Waals surface area contributed by atoms with E-state index in [2.05, 4.69) is 20.2 Å². The molecule has 8 nitrogen and oxygen atoms in total. The van der Waals surface area contributed by atoms with Crippen molar-refractivity contribution in [2.75, 3.05) is 18.5 Å². The summed E-state index contributed by atoms with van der Waals surface area (Å²) in [6.07, 6.45) is 0. The molecule has 2 heterocycles. The number of carboxylic acid groups (broad SMARTS) is 1. The van der Waals surface area contributed by atoms with Gasteiger partial charge in [0, 0.05) is 25.7 Å². The van der Waals surface area contributed by atoms with Crippen LogP contribution in [-0.4, -0.2) is 39.7 Å². The van der Waals surface area contributed by atoms with E-state index in [9.17, 15) is 9.59 Å². The number of anilines is 1. The van der Waals surface area contributed by atoms with Crippen molar-refractivity contribution < 1.29 is 19.4 Å². The van der Waals surface area contributed by atoms with Gasteiger partial charge in [-0.15, -0.1) is 0 Å². The Morgan fingerprint density at radius 1 is 1.24 bits per heavy atom. The summed E-state index contributed by atoms with van der Waals surface area (Å²) >= 11 is 0. The average molecular weight is 394 g/mol. The van der Waals surface area contributed by atoms with Gasteiger partial charge in [-0.1, -0.05) is 12.1 Å². The first-order valence-electron chi connectivity index (χ1n) is 9.40. The maximum absolute atomic E-state index is 11.3. The largest absolute Gasteiger partial charge is 0.478 e. The van der Waals surface area contributed by atoms with Crippen LogP contribution in [0.25, 0.3) is 11.0 Å². The van der Waals surface area contributed by atoms with Gasteiger partial charge in [0.2, 0.25) is 5.91 Å². The Hall–Kier alpha value is -3.23. The molecule has 3 N–H and O–H groups in total. The van der Waals surface area contributed by atoms with E-state index in [-0.39, 0.29) is 17.5 Å². The molecule has 0 bridgehead atoms. The van der Waals surface area contributed by atoms with Crippen molar-refractivity contribution in [2.45, 2.75) is 26.1 Å². The Balaban J connectivity index is 1.47. The molecule has 0 saturated heterocycles. The van der Waals surface area contributed by atoms with Crippen molar-refractivity contribution >= 4 is 28.6 Å². The number of hydrogen-bond acceptors (Lipinski definition) is 5. The quantitative estimate of drug-likeness (QED) is 0.593. The molecule has 0 unspecified atom stereocenters. The van der Waals surface area contributed by atoms with Crippen molar-refractivity contribution in [3.05, 3.63) is 59.4 Å². The Morgan fingerprint density at radius 2 is 2.03 bits per heavy atom. The minimum Gasteiger partial charge on any atom is -0.478 e. The van der Waals surface area contributed by atoms with E-state index in [4.69, 9.17) is 9.84 Å². The lowest BCUT2D eigenvalue weighted by Gasteiger charge is -2.26. The second-order valence-corrected chi connectivity index (χ2v) is 7.08. The molecule has 3 aromatic rings. The number of carbonyl (C=O) groups is 2. The number of aromatic nitrogens is 2. The van der Waals surface area contributed by atoms with E-state index in [1.54, 1.807) is 12.1 Å². The molecular weight excluding hydrogens is 372 g/mol. The first-order valence-corrected chi connectivity index (χ1v) is 9.40. The summed E-state index contributed by atoms with van der Waals surface area (Å²) in [6.45, 7) is 3.83. The Morgan fingerprint density at radius 3 is 2.76 bits per heavy atom. The number of carbonyl (C=O) groups excluding carboxylic acids is 1. The number of carboxylic acids is 1. The molecule has 29 heavy (non-hydrogen) atoms. The molecule has 0 radical (unpaired) electrons. The number of nitrogens with zero attached hydrogens (tertiary/aromatic N) is 2. The van der Waals surface area contributed by atoms with Crippen LogP contribution in [0, 0.1) is 0 Å². The number of ether oxygens (including phenoxy) is 1. The summed E-state index contributed by atoms with van der Waals surface area (Å²) < 4.78 is 7.91. The topological polar surface area (TPSA) is 105 Å². The molecule has 2 aromatic carbocycles. The first kappa shape index (κ1) is 19.1. The molecular formula is C21H22N4O4. The van der Waals surface area contributed by atoms with Crippen LogP contribution < -0.4 is 10.6 Å². The lowest BCUT2D eigenvalue weighted by Crippen LogP contribution is -2.32. The van der Waals surface area contributed by atoms with E-state index in [1.807, 2.05) is 30.3 Å². The maximum atomic E-state index is 11.3. The SMILES string of the molecule is CC(=O)Nc1ccc2c(c1)nc1n2[C@@H](CNCc2ccc(C(=O)O)cc2)COC1. The van der Waals surface area contributed by atoms with Crippen LogP contribution in [0.4, 0.5) is 5.69 Å². The standard InChI is InChI=1S/C21H22N4O4/c1-13(26)23-16-6-7-19-18(8-16)24-20-12-29-11-17(25(19)20)10-22-9-14-2-4-15(5-3-14)21(27)28/h2-8,17,22H,9-12H2,1H3,(H,23,26)(H,27,28)/t17-/m0/s1. The third-order valence-corrected chi connectivity index (χ3v) is 4.90. The summed E-state index contributed by atoms with van der Waals surface area (Å²) in [6, 6.07) is 12.7. The van der Waals surface area contributed by atoms with Gasteiger partial charge in [0.05, 0.1) is 29.2 Å². The van der Waals surface area contributed by atoms with E-state index in [0.717, 1.165) is 28.1 Å². The van der Waals surface area contributed by atoms with Gasteiger partial charge in [0.15, 0.2) is 0 Å². The fourth-order valence-electron chi connectivity index (χ4n) is 3.60. The second-order valence-electron chi connectivity index (χ2n) is 7.08. The lowest BCUT2D eigenvalue weighted by molar-refractivity contribution is -0.114. The predicted molar refractivity (Wildman–Crippen MR) is 108 cm³/mol. The molecule has 0 fully saturated rings. The zero-order valence-electron chi connectivity index (χ0n) is 16.0. The van der Waals surface area contributed by atoms with Crippen LogP contribution in [-0.2, 0) is 22.7 Å². The van der Waals surface area contributed by atoms with Crippen LogP contribution in [0.15, 0.2) is 42.5 Å². The highest BCUT2D eigenvalue weighted by atomic mass is 16.5. The molecule has 0 aliphatic carbocycles. The highest BCUT2D eigenvalue weighted by Gasteiger charge is 2.24. The fraction of sp³-hybridized carbons (Fsp3) is 0.286. The zero-order valence-corrected chi connectivity index (χ0v) is 16.0. The van der Waals surface area contributed by atoms with E-state index < -0.39 is 5.97 Å². The van der Waals surface area contributed by atoms with Crippen molar-refractivity contribution in [2.24, 2.45) is 0 Å². The van der Waals surface area contributed by atoms with Crippen LogP contribution in [0.2, 0.25) is 0 Å². The predicted octanol–water partition coefficient (Wildman–Crippen LogP) is 2.55. The number of benzene rings is 2. The third-order valence-electron chi connectivity index (χ3n) is 4.90. The van der Waals surface area contributed by atoms with Gasteiger partial charge in [-0.3, -0.25) is 4.79 Å². The number of amides is 1. The number of imidazole rings is 1. The highest BCUT2D eigenvalue weighted by Crippen LogP contribution is 2.27. The normalized spacial score (nSPS) is 15.8. The fourth-order valence-corrected chi connectivity index (χ4v) is 3.60. The van der Waals surface area contributed by atoms with E-state index in [0.29, 0.717) is 26.3 Å². The summed E-state index contributed by atoms with van der Waals surface area (Å²) in [5.74, 6) is -0.177. The van der Waals surface area contributed by atoms with Crippen molar-refractivity contribution in [3.8, 4) is 0 Å². The average Bonchev–Trinajstić information content (AvgIpc) is 3.06. The Bertz CT molecular complexity index is 1060. The van der Waals surface area contributed by atoms with Crippen LogP contribution in [0.1, 0.15) is 34.7 Å². The van der Waals surface area contributed by atoms with Gasteiger partial charge < -0.3 is 25.0 Å². The Kier molecular flexibility index (Phi) is 5.28. The third kappa shape index (κ3) is 4.13. The molecule has 1 atom stereocenters. The minimum atomic E-state index is -0.926. The van der Waals surface area contributed by atoms with Crippen molar-refractivity contribution in [3.63, 3.8) is 0 Å². The summed E-state index contributed by atoms with van der Waals surface area (Å²) in [4.78, 5) is 26.9. The molecule has 0 spiro atoms. The molecule has 1 aromatic heterocycles. The molecule has 150 valence electrons. The zero-order chi connectivity index (χ0) is 20.4. The van der Waals surface area contributed by atoms with Crippen LogP contribution in [0.5, 0.6) is 0 Å². The molecule has 1 aliphatic heterocycles. The molecule has 1 aliphatic rings. The summed E-state index contributed by atoms with van der Waals surface area (Å²) in [5.41, 5.74) is 3.85. The van der Waals surface area contributed by atoms with Gasteiger partial charge >= 0.3 is 5.97 Å². The minimum absolute atomic E-state index is 0.0914. The lowest BCUT2D eigenvalue weighted by atomic mass is 10.1. The molecule has 8 heteroatoms. The van der Waals surface area contributed by atoms with Crippen molar-refractivity contribution in [1.82, 2.24) is 14.9 Å². The monoisotopic (exact) mass is 394 g/mol. The number of rotatable bonds is 6. The first-order chi connectivity index (χ1) is 14.0. The number of nitrogens with one attached hydrogen (secondary N) is 2.